The number of hydrogen-bond donors (Lipinski definition) is 1. The number of benzene rings is 4. The van der Waals surface area contributed by atoms with Gasteiger partial charge in [0.05, 0.1) is 5.56 Å². The van der Waals surface area contributed by atoms with Gasteiger partial charge in [-0.3, -0.25) is 4.79 Å². The van der Waals surface area contributed by atoms with Crippen LogP contribution in [-0.4, -0.2) is 10.9 Å². The first-order valence-corrected chi connectivity index (χ1v) is 9.32. The normalized spacial score (nSPS) is 11.4. The van der Waals surface area contributed by atoms with E-state index in [0.717, 1.165) is 32.7 Å². The van der Waals surface area contributed by atoms with Crippen LogP contribution in [0.4, 0.5) is 0 Å². The van der Waals surface area contributed by atoms with Gasteiger partial charge in [0.2, 0.25) is 0 Å². The molecular weight excluding hydrogens is 332 g/mol. The lowest BCUT2D eigenvalue weighted by atomic mass is 9.89. The molecule has 0 aliphatic heterocycles. The number of ketones is 1. The first-order valence-electron chi connectivity index (χ1n) is 9.32. The number of fused-ring (bicyclic) bond motifs is 2. The van der Waals surface area contributed by atoms with Gasteiger partial charge in [-0.2, -0.15) is 0 Å². The average molecular weight is 354 g/mol. The number of phenols is 1. The van der Waals surface area contributed by atoms with Gasteiger partial charge in [0.15, 0.2) is 5.78 Å². The lowest BCUT2D eigenvalue weighted by Crippen LogP contribution is -2.05. The Morgan fingerprint density at radius 2 is 1.48 bits per heavy atom. The molecule has 0 saturated heterocycles. The number of Topliss-reactive ketones (excluding diaryl/α,β-unsaturated/α-hetero) is 1. The molecule has 2 heteroatoms. The highest BCUT2D eigenvalue weighted by Crippen LogP contribution is 2.42. The molecule has 0 aliphatic rings. The van der Waals surface area contributed by atoms with Crippen LogP contribution in [0.5, 0.6) is 5.75 Å². The quantitative estimate of drug-likeness (QED) is 0.419. The number of carbonyl (C=O) groups excluding carboxylic acids is 1. The lowest BCUT2D eigenvalue weighted by molar-refractivity contribution is 0.0965. The average Bonchev–Trinajstić information content (AvgIpc) is 2.67. The summed E-state index contributed by atoms with van der Waals surface area (Å²) in [7, 11) is 0. The molecule has 4 aromatic carbocycles. The Bertz CT molecular complexity index is 1150. The fraction of sp³-hybridized carbons (Fsp3) is 0.160. The van der Waals surface area contributed by atoms with E-state index >= 15 is 0 Å². The third kappa shape index (κ3) is 3.08. The van der Waals surface area contributed by atoms with Crippen molar-refractivity contribution < 1.29 is 9.90 Å². The Balaban J connectivity index is 2.07. The van der Waals surface area contributed by atoms with E-state index in [0.29, 0.717) is 12.0 Å². The summed E-state index contributed by atoms with van der Waals surface area (Å²) in [6.45, 7) is 4.03. The highest BCUT2D eigenvalue weighted by Gasteiger charge is 2.20. The van der Waals surface area contributed by atoms with Gasteiger partial charge in [-0.25, -0.2) is 0 Å². The second kappa shape index (κ2) is 6.88. The van der Waals surface area contributed by atoms with Crippen LogP contribution < -0.4 is 0 Å². The molecule has 4 aromatic rings. The molecule has 27 heavy (non-hydrogen) atoms. The van der Waals surface area contributed by atoms with Gasteiger partial charge >= 0.3 is 0 Å². The minimum absolute atomic E-state index is 0.0188. The number of phenolic OH excluding ortho intramolecular Hbond substituents is 1. The second-order valence-electron chi connectivity index (χ2n) is 7.42. The van der Waals surface area contributed by atoms with Gasteiger partial charge in [0.1, 0.15) is 5.75 Å². The maximum Gasteiger partial charge on any atom is 0.166 e. The third-order valence-electron chi connectivity index (χ3n) is 4.97. The third-order valence-corrected chi connectivity index (χ3v) is 4.97. The van der Waals surface area contributed by atoms with Crippen LogP contribution in [0.25, 0.3) is 32.7 Å². The van der Waals surface area contributed by atoms with Crippen molar-refractivity contribution in [3.8, 4) is 16.9 Å². The number of rotatable bonds is 4. The molecule has 0 bridgehead atoms. The monoisotopic (exact) mass is 354 g/mol. The minimum atomic E-state index is -0.0188. The minimum Gasteiger partial charge on any atom is -0.507 e. The Morgan fingerprint density at radius 1 is 0.852 bits per heavy atom. The van der Waals surface area contributed by atoms with Gasteiger partial charge in [0, 0.05) is 12.0 Å². The molecule has 0 radical (unpaired) electrons. The van der Waals surface area contributed by atoms with Crippen molar-refractivity contribution >= 4 is 27.3 Å². The zero-order chi connectivity index (χ0) is 19.0. The predicted octanol–water partition coefficient (Wildman–Crippen LogP) is 6.59. The number of hydrogen-bond acceptors (Lipinski definition) is 2. The first kappa shape index (κ1) is 17.3. The molecule has 1 N–H and O–H groups in total. The van der Waals surface area contributed by atoms with Crippen molar-refractivity contribution in [2.24, 2.45) is 5.92 Å². The maximum absolute atomic E-state index is 12.8. The predicted molar refractivity (Wildman–Crippen MR) is 112 cm³/mol. The molecule has 0 amide bonds. The van der Waals surface area contributed by atoms with Crippen molar-refractivity contribution in [1.29, 1.82) is 0 Å². The summed E-state index contributed by atoms with van der Waals surface area (Å²) < 4.78 is 0. The summed E-state index contributed by atoms with van der Waals surface area (Å²) in [5.41, 5.74) is 2.09. The fourth-order valence-electron chi connectivity index (χ4n) is 3.75. The molecule has 4 rings (SSSR count). The molecule has 0 fully saturated rings. The van der Waals surface area contributed by atoms with E-state index in [4.69, 9.17) is 0 Å². The first-order chi connectivity index (χ1) is 13.1. The van der Waals surface area contributed by atoms with Crippen LogP contribution in [0, 0.1) is 5.92 Å². The van der Waals surface area contributed by atoms with Gasteiger partial charge in [-0.05, 0) is 39.1 Å². The lowest BCUT2D eigenvalue weighted by Gasteiger charge is -2.16. The zero-order valence-electron chi connectivity index (χ0n) is 15.6. The van der Waals surface area contributed by atoms with Crippen molar-refractivity contribution in [3.05, 3.63) is 78.4 Å². The van der Waals surface area contributed by atoms with E-state index in [1.165, 1.54) is 0 Å². The standard InChI is InChI=1S/C25H22O2/c1-16(2)14-23(26)22-15-18-9-4-6-12-20(18)24(25(22)27)21-13-7-10-17-8-3-5-11-19(17)21/h3-13,15-16,27H,14H2,1-2H3. The molecule has 0 aromatic heterocycles. The van der Waals surface area contributed by atoms with E-state index in [9.17, 15) is 9.90 Å². The van der Waals surface area contributed by atoms with Gasteiger partial charge in [-0.1, -0.05) is 80.6 Å². The Labute approximate surface area is 159 Å². The molecule has 2 nitrogen and oxygen atoms in total. The van der Waals surface area contributed by atoms with E-state index in [2.05, 4.69) is 18.2 Å². The van der Waals surface area contributed by atoms with E-state index < -0.39 is 0 Å². The fourth-order valence-corrected chi connectivity index (χ4v) is 3.75. The highest BCUT2D eigenvalue weighted by molar-refractivity contribution is 6.13. The Hall–Kier alpha value is -3.13. The maximum atomic E-state index is 12.8. The zero-order valence-corrected chi connectivity index (χ0v) is 15.6. The van der Waals surface area contributed by atoms with Crippen LogP contribution >= 0.6 is 0 Å². The van der Waals surface area contributed by atoms with E-state index in [1.54, 1.807) is 0 Å². The van der Waals surface area contributed by atoms with E-state index in [1.807, 2.05) is 68.4 Å². The summed E-state index contributed by atoms with van der Waals surface area (Å²) >= 11 is 0. The highest BCUT2D eigenvalue weighted by atomic mass is 16.3. The number of carbonyl (C=O) groups is 1. The van der Waals surface area contributed by atoms with Crippen LogP contribution in [0.1, 0.15) is 30.6 Å². The summed E-state index contributed by atoms with van der Waals surface area (Å²) in [4.78, 5) is 12.8. The van der Waals surface area contributed by atoms with Crippen molar-refractivity contribution in [3.63, 3.8) is 0 Å². The van der Waals surface area contributed by atoms with Crippen molar-refractivity contribution in [2.75, 3.05) is 0 Å². The van der Waals surface area contributed by atoms with Crippen LogP contribution in [0.3, 0.4) is 0 Å². The Morgan fingerprint density at radius 3 is 2.22 bits per heavy atom. The van der Waals surface area contributed by atoms with Crippen LogP contribution in [-0.2, 0) is 0 Å². The number of aromatic hydroxyl groups is 1. The largest absolute Gasteiger partial charge is 0.507 e. The molecule has 0 unspecified atom stereocenters. The SMILES string of the molecule is CC(C)CC(=O)c1cc2ccccc2c(-c2cccc3ccccc23)c1O. The molecule has 0 heterocycles. The van der Waals surface area contributed by atoms with Gasteiger partial charge in [-0.15, -0.1) is 0 Å². The van der Waals surface area contributed by atoms with Gasteiger partial charge in [0.25, 0.3) is 0 Å². The molecule has 134 valence electrons. The molecule has 0 atom stereocenters. The van der Waals surface area contributed by atoms with Gasteiger partial charge < -0.3 is 5.11 Å². The smallest absolute Gasteiger partial charge is 0.166 e. The molecular formula is C25H22O2. The van der Waals surface area contributed by atoms with E-state index in [-0.39, 0.29) is 17.5 Å². The van der Waals surface area contributed by atoms with Crippen molar-refractivity contribution in [1.82, 2.24) is 0 Å². The molecule has 0 saturated carbocycles. The van der Waals surface area contributed by atoms with Crippen LogP contribution in [0.15, 0.2) is 72.8 Å². The molecule has 0 aliphatic carbocycles. The summed E-state index contributed by atoms with van der Waals surface area (Å²) in [5, 5.41) is 15.2. The van der Waals surface area contributed by atoms with Crippen LogP contribution in [0.2, 0.25) is 0 Å². The second-order valence-corrected chi connectivity index (χ2v) is 7.42. The molecule has 0 spiro atoms. The van der Waals surface area contributed by atoms with Crippen molar-refractivity contribution in [2.45, 2.75) is 20.3 Å². The Kier molecular flexibility index (Phi) is 4.41. The summed E-state index contributed by atoms with van der Waals surface area (Å²) in [6, 6.07) is 23.9. The summed E-state index contributed by atoms with van der Waals surface area (Å²) in [5.74, 6) is 0.301. The summed E-state index contributed by atoms with van der Waals surface area (Å²) in [6.07, 6.45) is 0.418. The topological polar surface area (TPSA) is 37.3 Å².